The van der Waals surface area contributed by atoms with Gasteiger partial charge in [-0.15, -0.1) is 0 Å². The molecule has 0 spiro atoms. The summed E-state index contributed by atoms with van der Waals surface area (Å²) in [4.78, 5) is 12.7. The predicted molar refractivity (Wildman–Crippen MR) is 105 cm³/mol. The first kappa shape index (κ1) is 20.2. The van der Waals surface area contributed by atoms with E-state index in [1.165, 1.54) is 16.4 Å². The van der Waals surface area contributed by atoms with Crippen LogP contribution in [0.1, 0.15) is 28.8 Å². The van der Waals surface area contributed by atoms with Gasteiger partial charge in [-0.2, -0.15) is 4.31 Å². The maximum atomic E-state index is 12.7. The molecular weight excluding hydrogens is 380 g/mol. The maximum absolute atomic E-state index is 12.7. The smallest absolute Gasteiger partial charge is 0.251 e. The summed E-state index contributed by atoms with van der Waals surface area (Å²) >= 11 is 0. The van der Waals surface area contributed by atoms with Crippen LogP contribution in [0.2, 0.25) is 0 Å². The molecule has 150 valence electrons. The van der Waals surface area contributed by atoms with E-state index in [1.807, 2.05) is 0 Å². The molecule has 1 heterocycles. The number of nitrogens with one attached hydrogen (secondary N) is 1. The molecule has 2 aromatic rings. The Morgan fingerprint density at radius 1 is 1.04 bits per heavy atom. The van der Waals surface area contributed by atoms with Crippen LogP contribution in [-0.2, 0) is 16.6 Å². The van der Waals surface area contributed by atoms with Gasteiger partial charge in [0.05, 0.1) is 19.1 Å². The molecule has 1 saturated heterocycles. The zero-order valence-corrected chi connectivity index (χ0v) is 16.8. The molecule has 0 aliphatic carbocycles. The van der Waals surface area contributed by atoms with Crippen molar-refractivity contribution in [2.24, 2.45) is 0 Å². The van der Waals surface area contributed by atoms with E-state index in [2.05, 4.69) is 5.32 Å². The highest BCUT2D eigenvalue weighted by molar-refractivity contribution is 7.89. The zero-order valence-electron chi connectivity index (χ0n) is 16.0. The summed E-state index contributed by atoms with van der Waals surface area (Å²) < 4.78 is 37.3. The van der Waals surface area contributed by atoms with Gasteiger partial charge in [-0.25, -0.2) is 8.42 Å². The number of hydrogen-bond donors (Lipinski definition) is 1. The second-order valence-corrected chi connectivity index (χ2v) is 8.48. The molecule has 8 heteroatoms. The normalized spacial score (nSPS) is 14.6. The van der Waals surface area contributed by atoms with Gasteiger partial charge in [0.2, 0.25) is 10.0 Å². The predicted octanol–water partition coefficient (Wildman–Crippen LogP) is 2.42. The van der Waals surface area contributed by atoms with Gasteiger partial charge in [-0.3, -0.25) is 4.79 Å². The van der Waals surface area contributed by atoms with E-state index in [0.717, 1.165) is 18.4 Å². The molecule has 0 saturated carbocycles. The number of nitrogens with zero attached hydrogens (tertiary/aromatic N) is 1. The van der Waals surface area contributed by atoms with Gasteiger partial charge in [-0.1, -0.05) is 6.07 Å². The summed E-state index contributed by atoms with van der Waals surface area (Å²) in [6, 6.07) is 11.5. The molecule has 1 N–H and O–H groups in total. The minimum atomic E-state index is -3.56. The van der Waals surface area contributed by atoms with E-state index in [1.54, 1.807) is 44.6 Å². The minimum absolute atomic E-state index is 0.144. The monoisotopic (exact) mass is 404 g/mol. The summed E-state index contributed by atoms with van der Waals surface area (Å²) in [7, 11) is -0.442. The van der Waals surface area contributed by atoms with Crippen LogP contribution in [0.3, 0.4) is 0 Å². The van der Waals surface area contributed by atoms with Crippen molar-refractivity contribution in [3.63, 3.8) is 0 Å². The van der Waals surface area contributed by atoms with Gasteiger partial charge < -0.3 is 14.8 Å². The molecule has 0 bridgehead atoms. The van der Waals surface area contributed by atoms with E-state index in [4.69, 9.17) is 9.47 Å². The third-order valence-electron chi connectivity index (χ3n) is 4.66. The summed E-state index contributed by atoms with van der Waals surface area (Å²) in [6.45, 7) is 1.31. The number of amides is 1. The van der Waals surface area contributed by atoms with Crippen molar-refractivity contribution in [2.75, 3.05) is 27.3 Å². The Balaban J connectivity index is 1.73. The van der Waals surface area contributed by atoms with Gasteiger partial charge in [0.1, 0.15) is 11.5 Å². The highest BCUT2D eigenvalue weighted by Crippen LogP contribution is 2.23. The Kier molecular flexibility index (Phi) is 6.21. The van der Waals surface area contributed by atoms with Crippen molar-refractivity contribution in [1.82, 2.24) is 9.62 Å². The van der Waals surface area contributed by atoms with Gasteiger partial charge in [0, 0.05) is 31.3 Å². The number of rotatable bonds is 7. The Hall–Kier alpha value is -2.58. The third kappa shape index (κ3) is 4.45. The van der Waals surface area contributed by atoms with Crippen molar-refractivity contribution in [3.8, 4) is 11.5 Å². The molecule has 1 fully saturated rings. The molecule has 0 radical (unpaired) electrons. The number of benzene rings is 2. The number of ether oxygens (including phenoxy) is 2. The molecule has 7 nitrogen and oxygen atoms in total. The average molecular weight is 404 g/mol. The second kappa shape index (κ2) is 8.62. The Labute approximate surface area is 165 Å². The average Bonchev–Trinajstić information content (AvgIpc) is 3.27. The van der Waals surface area contributed by atoms with E-state index in [9.17, 15) is 13.2 Å². The SMILES string of the molecule is COc1cc(CNC(=O)c2cccc(S(=O)(=O)N3CCCC3)c2)cc(OC)c1. The Morgan fingerprint density at radius 3 is 2.29 bits per heavy atom. The Morgan fingerprint density at radius 2 is 1.68 bits per heavy atom. The summed E-state index contributed by atoms with van der Waals surface area (Å²) in [6.07, 6.45) is 1.73. The molecule has 28 heavy (non-hydrogen) atoms. The zero-order chi connectivity index (χ0) is 20.1. The van der Waals surface area contributed by atoms with Crippen molar-refractivity contribution in [2.45, 2.75) is 24.3 Å². The van der Waals surface area contributed by atoms with Gasteiger partial charge in [0.25, 0.3) is 5.91 Å². The lowest BCUT2D eigenvalue weighted by molar-refractivity contribution is 0.0950. The van der Waals surface area contributed by atoms with E-state index in [0.29, 0.717) is 30.2 Å². The van der Waals surface area contributed by atoms with Crippen LogP contribution in [0, 0.1) is 0 Å². The molecule has 0 aromatic heterocycles. The minimum Gasteiger partial charge on any atom is -0.497 e. The molecular formula is C20H24N2O5S. The van der Waals surface area contributed by atoms with Crippen molar-refractivity contribution >= 4 is 15.9 Å². The van der Waals surface area contributed by atoms with E-state index >= 15 is 0 Å². The number of carbonyl (C=O) groups is 1. The number of hydrogen-bond acceptors (Lipinski definition) is 5. The van der Waals surface area contributed by atoms with Gasteiger partial charge >= 0.3 is 0 Å². The van der Waals surface area contributed by atoms with Crippen LogP contribution < -0.4 is 14.8 Å². The number of sulfonamides is 1. The molecule has 0 atom stereocenters. The van der Waals surface area contributed by atoms with Crippen molar-refractivity contribution in [1.29, 1.82) is 0 Å². The standard InChI is InChI=1S/C20H24N2O5S/c1-26-17-10-15(11-18(13-17)27-2)14-21-20(23)16-6-5-7-19(12-16)28(24,25)22-8-3-4-9-22/h5-7,10-13H,3-4,8-9,14H2,1-2H3,(H,21,23). The fourth-order valence-corrected chi connectivity index (χ4v) is 4.69. The maximum Gasteiger partial charge on any atom is 0.251 e. The Bertz CT molecular complexity index is 931. The van der Waals surface area contributed by atoms with Crippen LogP contribution in [0.5, 0.6) is 11.5 Å². The third-order valence-corrected chi connectivity index (χ3v) is 6.56. The molecule has 2 aromatic carbocycles. The first-order valence-electron chi connectivity index (χ1n) is 9.04. The van der Waals surface area contributed by atoms with E-state index < -0.39 is 10.0 Å². The largest absolute Gasteiger partial charge is 0.497 e. The molecule has 3 rings (SSSR count). The van der Waals surface area contributed by atoms with Crippen LogP contribution in [0.4, 0.5) is 0 Å². The molecule has 1 aliphatic heterocycles. The molecule has 0 unspecified atom stereocenters. The van der Waals surface area contributed by atoms with Crippen LogP contribution >= 0.6 is 0 Å². The molecule has 1 aliphatic rings. The lowest BCUT2D eigenvalue weighted by atomic mass is 10.1. The van der Waals surface area contributed by atoms with E-state index in [-0.39, 0.29) is 17.3 Å². The fourth-order valence-electron chi connectivity index (χ4n) is 3.13. The van der Waals surface area contributed by atoms with Gasteiger partial charge in [-0.05, 0) is 48.7 Å². The topological polar surface area (TPSA) is 84.9 Å². The summed E-state index contributed by atoms with van der Waals surface area (Å²) in [5, 5.41) is 2.81. The summed E-state index contributed by atoms with van der Waals surface area (Å²) in [5.41, 5.74) is 1.11. The van der Waals surface area contributed by atoms with Crippen LogP contribution in [0.15, 0.2) is 47.4 Å². The van der Waals surface area contributed by atoms with Crippen LogP contribution in [-0.4, -0.2) is 45.9 Å². The highest BCUT2D eigenvalue weighted by atomic mass is 32.2. The molecule has 1 amide bonds. The second-order valence-electron chi connectivity index (χ2n) is 6.54. The lowest BCUT2D eigenvalue weighted by Crippen LogP contribution is -2.28. The highest BCUT2D eigenvalue weighted by Gasteiger charge is 2.27. The fraction of sp³-hybridized carbons (Fsp3) is 0.350. The lowest BCUT2D eigenvalue weighted by Gasteiger charge is -2.16. The van der Waals surface area contributed by atoms with Crippen molar-refractivity contribution < 1.29 is 22.7 Å². The number of carbonyl (C=O) groups excluding carboxylic acids is 1. The van der Waals surface area contributed by atoms with Crippen LogP contribution in [0.25, 0.3) is 0 Å². The first-order chi connectivity index (χ1) is 13.4. The first-order valence-corrected chi connectivity index (χ1v) is 10.5. The van der Waals surface area contributed by atoms with Gasteiger partial charge in [0.15, 0.2) is 0 Å². The van der Waals surface area contributed by atoms with Crippen molar-refractivity contribution in [3.05, 3.63) is 53.6 Å². The quantitative estimate of drug-likeness (QED) is 0.766. The summed E-state index contributed by atoms with van der Waals surface area (Å²) in [5.74, 6) is 0.907. The number of methoxy groups -OCH3 is 2.